The van der Waals surface area contributed by atoms with E-state index in [1.807, 2.05) is 0 Å². The number of ether oxygens (including phenoxy) is 2. The molecule has 0 aliphatic rings. The van der Waals surface area contributed by atoms with Gasteiger partial charge in [0.25, 0.3) is 0 Å². The number of rotatable bonds is 8. The zero-order valence-electron chi connectivity index (χ0n) is 11.0. The quantitative estimate of drug-likeness (QED) is 0.585. The highest BCUT2D eigenvalue weighted by Crippen LogP contribution is 2.23. The molecule has 0 amide bonds. The van der Waals surface area contributed by atoms with Gasteiger partial charge in [-0.1, -0.05) is 6.07 Å². The van der Waals surface area contributed by atoms with Crippen LogP contribution < -0.4 is 5.32 Å². The molecule has 1 aromatic carbocycles. The van der Waals surface area contributed by atoms with E-state index in [1.54, 1.807) is 14.2 Å². The van der Waals surface area contributed by atoms with Gasteiger partial charge in [-0.15, -0.1) is 0 Å². The molecule has 1 aromatic rings. The summed E-state index contributed by atoms with van der Waals surface area (Å²) in [6.07, 6.45) is 0.447. The first-order chi connectivity index (χ1) is 9.11. The van der Waals surface area contributed by atoms with E-state index in [0.717, 1.165) is 6.07 Å². The van der Waals surface area contributed by atoms with Crippen molar-refractivity contribution in [2.75, 3.05) is 34.0 Å². The van der Waals surface area contributed by atoms with Crippen molar-refractivity contribution in [1.29, 1.82) is 0 Å². The first-order valence-electron chi connectivity index (χ1n) is 5.99. The molecule has 0 heterocycles. The maximum absolute atomic E-state index is 13.6. The molecule has 6 heteroatoms. The van der Waals surface area contributed by atoms with Crippen LogP contribution in [0.25, 0.3) is 0 Å². The topological polar surface area (TPSA) is 30.5 Å². The van der Waals surface area contributed by atoms with Gasteiger partial charge < -0.3 is 14.8 Å². The van der Waals surface area contributed by atoms with E-state index >= 15 is 0 Å². The molecule has 1 rings (SSSR count). The number of hydrogen-bond donors (Lipinski definition) is 1. The van der Waals surface area contributed by atoms with Gasteiger partial charge in [0, 0.05) is 25.3 Å². The summed E-state index contributed by atoms with van der Waals surface area (Å²) >= 11 is 0. The SMILES string of the molecule is CNC(CCOCCOC)c1ccc(F)c(F)c1F. The van der Waals surface area contributed by atoms with Crippen LogP contribution in [0.5, 0.6) is 0 Å². The third-order valence-corrected chi connectivity index (χ3v) is 2.77. The maximum Gasteiger partial charge on any atom is 0.194 e. The highest BCUT2D eigenvalue weighted by Gasteiger charge is 2.19. The number of halogens is 3. The number of methoxy groups -OCH3 is 1. The van der Waals surface area contributed by atoms with Crippen molar-refractivity contribution < 1.29 is 22.6 Å². The lowest BCUT2D eigenvalue weighted by Gasteiger charge is -2.17. The molecule has 0 radical (unpaired) electrons. The smallest absolute Gasteiger partial charge is 0.194 e. The van der Waals surface area contributed by atoms with Crippen LogP contribution >= 0.6 is 0 Å². The van der Waals surface area contributed by atoms with Gasteiger partial charge in [-0.2, -0.15) is 0 Å². The van der Waals surface area contributed by atoms with Crippen LogP contribution in [0.4, 0.5) is 13.2 Å². The number of nitrogens with one attached hydrogen (secondary N) is 1. The second-order valence-electron chi connectivity index (χ2n) is 4.00. The van der Waals surface area contributed by atoms with Gasteiger partial charge in [-0.05, 0) is 19.5 Å². The average Bonchev–Trinajstić information content (AvgIpc) is 2.41. The summed E-state index contributed by atoms with van der Waals surface area (Å²) in [5.74, 6) is -3.79. The van der Waals surface area contributed by atoms with Crippen molar-refractivity contribution in [3.8, 4) is 0 Å². The fraction of sp³-hybridized carbons (Fsp3) is 0.538. The van der Waals surface area contributed by atoms with Crippen molar-refractivity contribution in [2.45, 2.75) is 12.5 Å². The maximum atomic E-state index is 13.6. The van der Waals surface area contributed by atoms with Crippen LogP contribution in [0.15, 0.2) is 12.1 Å². The predicted molar refractivity (Wildman–Crippen MR) is 65.4 cm³/mol. The lowest BCUT2D eigenvalue weighted by molar-refractivity contribution is 0.0659. The third-order valence-electron chi connectivity index (χ3n) is 2.77. The minimum atomic E-state index is -1.45. The van der Waals surface area contributed by atoms with Gasteiger partial charge in [0.1, 0.15) is 0 Å². The first kappa shape index (κ1) is 15.9. The van der Waals surface area contributed by atoms with Crippen molar-refractivity contribution in [3.63, 3.8) is 0 Å². The second-order valence-corrected chi connectivity index (χ2v) is 4.00. The Morgan fingerprint density at radius 3 is 2.47 bits per heavy atom. The lowest BCUT2D eigenvalue weighted by atomic mass is 10.0. The van der Waals surface area contributed by atoms with E-state index in [2.05, 4.69) is 5.32 Å². The summed E-state index contributed by atoms with van der Waals surface area (Å²) in [7, 11) is 3.19. The van der Waals surface area contributed by atoms with E-state index in [9.17, 15) is 13.2 Å². The Kier molecular flexibility index (Phi) is 6.83. The zero-order valence-corrected chi connectivity index (χ0v) is 11.0. The Labute approximate surface area is 110 Å². The molecule has 0 bridgehead atoms. The summed E-state index contributed by atoms with van der Waals surface area (Å²) in [5, 5.41) is 2.86. The zero-order chi connectivity index (χ0) is 14.3. The Hall–Kier alpha value is -1.11. The Morgan fingerprint density at radius 1 is 1.11 bits per heavy atom. The van der Waals surface area contributed by atoms with Crippen LogP contribution in [-0.2, 0) is 9.47 Å². The Bertz CT molecular complexity index is 402. The van der Waals surface area contributed by atoms with Gasteiger partial charge in [0.2, 0.25) is 0 Å². The van der Waals surface area contributed by atoms with Crippen LogP contribution in [-0.4, -0.2) is 34.0 Å². The van der Waals surface area contributed by atoms with Crippen molar-refractivity contribution in [1.82, 2.24) is 5.32 Å². The Balaban J connectivity index is 2.62. The molecule has 0 aliphatic heterocycles. The lowest BCUT2D eigenvalue weighted by Crippen LogP contribution is -2.20. The predicted octanol–water partition coefficient (Wildman–Crippen LogP) is 2.42. The van der Waals surface area contributed by atoms with E-state index in [1.165, 1.54) is 6.07 Å². The van der Waals surface area contributed by atoms with Crippen LogP contribution in [0.1, 0.15) is 18.0 Å². The highest BCUT2D eigenvalue weighted by molar-refractivity contribution is 5.23. The molecule has 1 atom stereocenters. The molecule has 0 aliphatic carbocycles. The van der Waals surface area contributed by atoms with Gasteiger partial charge in [-0.25, -0.2) is 13.2 Å². The van der Waals surface area contributed by atoms with Crippen molar-refractivity contribution in [3.05, 3.63) is 35.1 Å². The summed E-state index contributed by atoms with van der Waals surface area (Å²) in [4.78, 5) is 0. The Morgan fingerprint density at radius 2 is 1.84 bits per heavy atom. The molecule has 1 N–H and O–H groups in total. The van der Waals surface area contributed by atoms with Gasteiger partial charge in [0.15, 0.2) is 17.5 Å². The fourth-order valence-electron chi connectivity index (χ4n) is 1.71. The minimum Gasteiger partial charge on any atom is -0.382 e. The van der Waals surface area contributed by atoms with Crippen molar-refractivity contribution in [2.24, 2.45) is 0 Å². The molecule has 0 fully saturated rings. The summed E-state index contributed by atoms with van der Waals surface area (Å²) in [6.45, 7) is 1.28. The van der Waals surface area contributed by atoms with E-state index in [4.69, 9.17) is 9.47 Å². The fourth-order valence-corrected chi connectivity index (χ4v) is 1.71. The molecule has 1 unspecified atom stereocenters. The molecule has 3 nitrogen and oxygen atoms in total. The van der Waals surface area contributed by atoms with E-state index in [0.29, 0.717) is 26.2 Å². The van der Waals surface area contributed by atoms with Crippen LogP contribution in [0, 0.1) is 17.5 Å². The van der Waals surface area contributed by atoms with Crippen molar-refractivity contribution >= 4 is 0 Å². The summed E-state index contributed by atoms with van der Waals surface area (Å²) in [6, 6.07) is 1.73. The first-order valence-corrected chi connectivity index (χ1v) is 5.99. The number of benzene rings is 1. The van der Waals surface area contributed by atoms with Crippen LogP contribution in [0.3, 0.4) is 0 Å². The number of hydrogen-bond acceptors (Lipinski definition) is 3. The highest BCUT2D eigenvalue weighted by atomic mass is 19.2. The summed E-state index contributed by atoms with van der Waals surface area (Å²) < 4.78 is 49.7. The average molecular weight is 277 g/mol. The van der Waals surface area contributed by atoms with Gasteiger partial charge in [-0.3, -0.25) is 0 Å². The second kappa shape index (κ2) is 8.14. The molecular formula is C13H18F3NO2. The molecule has 0 saturated carbocycles. The van der Waals surface area contributed by atoms with Gasteiger partial charge >= 0.3 is 0 Å². The molecule has 108 valence electrons. The molecule has 19 heavy (non-hydrogen) atoms. The van der Waals surface area contributed by atoms with E-state index < -0.39 is 23.5 Å². The molecular weight excluding hydrogens is 259 g/mol. The standard InChI is InChI=1S/C13H18F3NO2/c1-17-11(5-6-19-8-7-18-2)9-3-4-10(14)13(16)12(9)15/h3-4,11,17H,5-8H2,1-2H3. The minimum absolute atomic E-state index is 0.0942. The molecule has 0 spiro atoms. The summed E-state index contributed by atoms with van der Waals surface area (Å²) in [5.41, 5.74) is 0.0942. The van der Waals surface area contributed by atoms with Gasteiger partial charge in [0.05, 0.1) is 13.2 Å². The van der Waals surface area contributed by atoms with Crippen LogP contribution in [0.2, 0.25) is 0 Å². The monoisotopic (exact) mass is 277 g/mol. The largest absolute Gasteiger partial charge is 0.382 e. The molecule has 0 saturated heterocycles. The van der Waals surface area contributed by atoms with E-state index in [-0.39, 0.29) is 5.56 Å². The normalized spacial score (nSPS) is 12.7. The third kappa shape index (κ3) is 4.49. The molecule has 0 aromatic heterocycles.